The lowest BCUT2D eigenvalue weighted by Crippen LogP contribution is -2.41. The Balaban J connectivity index is 1.80. The van der Waals surface area contributed by atoms with Crippen molar-refractivity contribution in [1.82, 2.24) is 5.32 Å². The Labute approximate surface area is 128 Å². The lowest BCUT2D eigenvalue weighted by atomic mass is 9.67. The molecule has 0 unspecified atom stereocenters. The number of rotatable bonds is 6. The van der Waals surface area contributed by atoms with Gasteiger partial charge in [-0.05, 0) is 35.8 Å². The molecule has 0 aromatic heterocycles. The molecule has 110 valence electrons. The van der Waals surface area contributed by atoms with Gasteiger partial charge in [-0.25, -0.2) is 0 Å². The van der Waals surface area contributed by atoms with E-state index in [9.17, 15) is 0 Å². The number of nitrogens with one attached hydrogen (secondary N) is 1. The van der Waals surface area contributed by atoms with Gasteiger partial charge < -0.3 is 5.32 Å². The zero-order valence-electron chi connectivity index (χ0n) is 12.9. The third kappa shape index (κ3) is 3.19. The first-order valence-corrected chi connectivity index (χ1v) is 8.16. The van der Waals surface area contributed by atoms with Gasteiger partial charge in [0.25, 0.3) is 0 Å². The van der Waals surface area contributed by atoms with E-state index in [1.54, 1.807) is 0 Å². The highest BCUT2D eigenvalue weighted by Gasteiger charge is 2.35. The third-order valence-electron chi connectivity index (χ3n) is 5.11. The third-order valence-corrected chi connectivity index (χ3v) is 5.11. The van der Waals surface area contributed by atoms with Crippen LogP contribution >= 0.6 is 0 Å². The Morgan fingerprint density at radius 3 is 1.81 bits per heavy atom. The van der Waals surface area contributed by atoms with E-state index in [1.807, 2.05) is 0 Å². The normalized spacial score (nSPS) is 16.7. The summed E-state index contributed by atoms with van der Waals surface area (Å²) in [6, 6.07) is 21.9. The van der Waals surface area contributed by atoms with E-state index in [0.29, 0.717) is 11.5 Å². The Morgan fingerprint density at radius 2 is 1.43 bits per heavy atom. The van der Waals surface area contributed by atoms with Crippen LogP contribution in [-0.2, 0) is 0 Å². The van der Waals surface area contributed by atoms with Crippen molar-refractivity contribution < 1.29 is 0 Å². The van der Waals surface area contributed by atoms with Gasteiger partial charge in [-0.15, -0.1) is 0 Å². The molecule has 21 heavy (non-hydrogen) atoms. The van der Waals surface area contributed by atoms with Gasteiger partial charge in [-0.1, -0.05) is 74.0 Å². The minimum absolute atomic E-state index is 0.302. The Bertz CT molecular complexity index is 498. The SMILES string of the molecule is CCC1(CNC(c2ccccc2)c2ccccc2)CCC1. The first-order valence-electron chi connectivity index (χ1n) is 8.16. The molecule has 1 fully saturated rings. The van der Waals surface area contributed by atoms with Gasteiger partial charge >= 0.3 is 0 Å². The lowest BCUT2D eigenvalue weighted by Gasteiger charge is -2.42. The number of hydrogen-bond acceptors (Lipinski definition) is 1. The molecule has 0 radical (unpaired) electrons. The average Bonchev–Trinajstić information content (AvgIpc) is 2.52. The highest BCUT2D eigenvalue weighted by molar-refractivity contribution is 5.31. The highest BCUT2D eigenvalue weighted by atomic mass is 14.9. The van der Waals surface area contributed by atoms with Crippen LogP contribution in [0.4, 0.5) is 0 Å². The monoisotopic (exact) mass is 279 g/mol. The summed E-state index contributed by atoms with van der Waals surface area (Å²) < 4.78 is 0. The van der Waals surface area contributed by atoms with Crippen LogP contribution < -0.4 is 5.32 Å². The van der Waals surface area contributed by atoms with Crippen LogP contribution in [0.1, 0.15) is 49.8 Å². The highest BCUT2D eigenvalue weighted by Crippen LogP contribution is 2.43. The molecule has 0 spiro atoms. The van der Waals surface area contributed by atoms with E-state index in [0.717, 1.165) is 6.54 Å². The van der Waals surface area contributed by atoms with E-state index in [2.05, 4.69) is 72.9 Å². The zero-order chi connectivity index (χ0) is 14.5. The Kier molecular flexibility index (Phi) is 4.40. The summed E-state index contributed by atoms with van der Waals surface area (Å²) >= 11 is 0. The summed E-state index contributed by atoms with van der Waals surface area (Å²) in [5.74, 6) is 0. The summed E-state index contributed by atoms with van der Waals surface area (Å²) in [7, 11) is 0. The summed E-state index contributed by atoms with van der Waals surface area (Å²) in [6.07, 6.45) is 5.45. The quantitative estimate of drug-likeness (QED) is 0.789. The van der Waals surface area contributed by atoms with Crippen LogP contribution in [0.15, 0.2) is 60.7 Å². The molecule has 0 atom stereocenters. The van der Waals surface area contributed by atoms with Crippen molar-refractivity contribution in [2.45, 2.75) is 38.6 Å². The van der Waals surface area contributed by atoms with Gasteiger partial charge in [0.05, 0.1) is 6.04 Å². The predicted octanol–water partition coefficient (Wildman–Crippen LogP) is 4.95. The topological polar surface area (TPSA) is 12.0 Å². The van der Waals surface area contributed by atoms with Crippen molar-refractivity contribution in [2.75, 3.05) is 6.54 Å². The van der Waals surface area contributed by atoms with Gasteiger partial charge in [0.2, 0.25) is 0 Å². The molecule has 2 aromatic carbocycles. The first kappa shape index (κ1) is 14.3. The van der Waals surface area contributed by atoms with Gasteiger partial charge in [-0.3, -0.25) is 0 Å². The second-order valence-corrected chi connectivity index (χ2v) is 6.34. The molecule has 0 bridgehead atoms. The molecular weight excluding hydrogens is 254 g/mol. The van der Waals surface area contributed by atoms with Crippen LogP contribution in [0.25, 0.3) is 0 Å². The predicted molar refractivity (Wildman–Crippen MR) is 89.3 cm³/mol. The van der Waals surface area contributed by atoms with E-state index >= 15 is 0 Å². The second-order valence-electron chi connectivity index (χ2n) is 6.34. The van der Waals surface area contributed by atoms with Crippen molar-refractivity contribution >= 4 is 0 Å². The second kappa shape index (κ2) is 6.44. The molecule has 0 amide bonds. The van der Waals surface area contributed by atoms with E-state index in [-0.39, 0.29) is 0 Å². The molecule has 1 aliphatic carbocycles. The fourth-order valence-electron chi connectivity index (χ4n) is 3.37. The number of benzene rings is 2. The van der Waals surface area contributed by atoms with Crippen LogP contribution in [0.5, 0.6) is 0 Å². The van der Waals surface area contributed by atoms with Crippen molar-refractivity contribution in [3.63, 3.8) is 0 Å². The largest absolute Gasteiger partial charge is 0.306 e. The lowest BCUT2D eigenvalue weighted by molar-refractivity contribution is 0.121. The molecule has 1 heteroatoms. The van der Waals surface area contributed by atoms with Crippen LogP contribution in [-0.4, -0.2) is 6.54 Å². The van der Waals surface area contributed by atoms with E-state index < -0.39 is 0 Å². The van der Waals surface area contributed by atoms with Gasteiger partial charge in [0.1, 0.15) is 0 Å². The van der Waals surface area contributed by atoms with E-state index in [4.69, 9.17) is 0 Å². The molecular formula is C20H25N. The molecule has 1 saturated carbocycles. The Hall–Kier alpha value is -1.60. The van der Waals surface area contributed by atoms with Crippen molar-refractivity contribution in [3.8, 4) is 0 Å². The minimum Gasteiger partial charge on any atom is -0.306 e. The summed E-state index contributed by atoms with van der Waals surface area (Å²) in [5.41, 5.74) is 3.26. The maximum atomic E-state index is 3.85. The maximum absolute atomic E-state index is 3.85. The molecule has 0 saturated heterocycles. The summed E-state index contributed by atoms with van der Waals surface area (Å²) in [4.78, 5) is 0. The van der Waals surface area contributed by atoms with Crippen molar-refractivity contribution in [1.29, 1.82) is 0 Å². The fraction of sp³-hybridized carbons (Fsp3) is 0.400. The average molecular weight is 279 g/mol. The van der Waals surface area contributed by atoms with Crippen LogP contribution in [0, 0.1) is 5.41 Å². The molecule has 1 N–H and O–H groups in total. The standard InChI is InChI=1S/C20H25N/c1-2-20(14-9-15-20)16-21-19(17-10-5-3-6-11-17)18-12-7-4-8-13-18/h3-8,10-13,19,21H,2,9,14-16H2,1H3. The van der Waals surface area contributed by atoms with Gasteiger partial charge in [0.15, 0.2) is 0 Å². The molecule has 2 aromatic rings. The fourth-order valence-corrected chi connectivity index (χ4v) is 3.37. The van der Waals surface area contributed by atoms with E-state index in [1.165, 1.54) is 36.8 Å². The summed E-state index contributed by atoms with van der Waals surface area (Å²) in [6.45, 7) is 3.46. The summed E-state index contributed by atoms with van der Waals surface area (Å²) in [5, 5.41) is 3.85. The molecule has 0 heterocycles. The van der Waals surface area contributed by atoms with Crippen molar-refractivity contribution in [2.24, 2.45) is 5.41 Å². The van der Waals surface area contributed by atoms with Crippen LogP contribution in [0.3, 0.4) is 0 Å². The molecule has 3 rings (SSSR count). The maximum Gasteiger partial charge on any atom is 0.0576 e. The van der Waals surface area contributed by atoms with Crippen molar-refractivity contribution in [3.05, 3.63) is 71.8 Å². The van der Waals surface area contributed by atoms with Gasteiger partial charge in [-0.2, -0.15) is 0 Å². The van der Waals surface area contributed by atoms with Crippen LogP contribution in [0.2, 0.25) is 0 Å². The number of hydrogen-bond donors (Lipinski definition) is 1. The molecule has 1 nitrogen and oxygen atoms in total. The van der Waals surface area contributed by atoms with Gasteiger partial charge in [0, 0.05) is 6.54 Å². The zero-order valence-corrected chi connectivity index (χ0v) is 12.9. The smallest absolute Gasteiger partial charge is 0.0576 e. The first-order chi connectivity index (χ1) is 10.3. The molecule has 1 aliphatic rings. The minimum atomic E-state index is 0.302. The Morgan fingerprint density at radius 1 is 0.905 bits per heavy atom. The molecule has 0 aliphatic heterocycles.